The molecule has 0 spiro atoms. The Hall–Kier alpha value is -2.71. The van der Waals surface area contributed by atoms with Gasteiger partial charge < -0.3 is 4.74 Å². The van der Waals surface area contributed by atoms with Crippen LogP contribution in [0, 0.1) is 5.82 Å². The summed E-state index contributed by atoms with van der Waals surface area (Å²) in [6, 6.07) is 11.7. The van der Waals surface area contributed by atoms with Gasteiger partial charge in [0.1, 0.15) is 17.9 Å². The van der Waals surface area contributed by atoms with Crippen molar-refractivity contribution in [3.8, 4) is 11.4 Å². The quantitative estimate of drug-likeness (QED) is 0.380. The summed E-state index contributed by atoms with van der Waals surface area (Å²) in [5.41, 5.74) is 2.33. The third kappa shape index (κ3) is 5.14. The number of aldehydes is 1. The molecule has 31 heavy (non-hydrogen) atoms. The van der Waals surface area contributed by atoms with Crippen molar-refractivity contribution in [3.63, 3.8) is 0 Å². The number of aromatic nitrogens is 3. The van der Waals surface area contributed by atoms with Crippen molar-refractivity contribution in [2.45, 2.75) is 36.7 Å². The fourth-order valence-electron chi connectivity index (χ4n) is 3.79. The van der Waals surface area contributed by atoms with E-state index in [9.17, 15) is 9.18 Å². The third-order valence-corrected chi connectivity index (χ3v) is 6.37. The summed E-state index contributed by atoms with van der Waals surface area (Å²) < 4.78 is 21.0. The van der Waals surface area contributed by atoms with E-state index in [1.807, 2.05) is 10.6 Å². The average molecular weight is 441 g/mol. The summed E-state index contributed by atoms with van der Waals surface area (Å²) in [5.74, 6) is 1.84. The van der Waals surface area contributed by atoms with E-state index in [0.717, 1.165) is 47.4 Å². The lowest BCUT2D eigenvalue weighted by Crippen LogP contribution is -2.30. The molecule has 6 nitrogen and oxygen atoms in total. The van der Waals surface area contributed by atoms with Gasteiger partial charge in [-0.1, -0.05) is 18.2 Å². The summed E-state index contributed by atoms with van der Waals surface area (Å²) in [4.78, 5) is 13.6. The molecular formula is C23H25FN4O2S. The number of ether oxygens (including phenoxy) is 1. The summed E-state index contributed by atoms with van der Waals surface area (Å²) >= 11 is 1.51. The van der Waals surface area contributed by atoms with Crippen LogP contribution >= 0.6 is 11.8 Å². The molecule has 4 rings (SSSR count). The van der Waals surface area contributed by atoms with Crippen molar-refractivity contribution in [2.75, 3.05) is 20.2 Å². The Morgan fingerprint density at radius 1 is 1.10 bits per heavy atom. The van der Waals surface area contributed by atoms with Gasteiger partial charge in [-0.2, -0.15) is 0 Å². The molecule has 1 saturated heterocycles. The van der Waals surface area contributed by atoms with Crippen LogP contribution in [0.3, 0.4) is 0 Å². The van der Waals surface area contributed by atoms with Crippen LogP contribution in [-0.2, 0) is 12.3 Å². The van der Waals surface area contributed by atoms with E-state index in [4.69, 9.17) is 4.74 Å². The number of carbonyl (C=O) groups excluding carboxylic acids is 1. The maximum Gasteiger partial charge on any atom is 0.196 e. The number of halogens is 1. The van der Waals surface area contributed by atoms with Crippen LogP contribution in [-0.4, -0.2) is 46.1 Å². The molecule has 0 aliphatic carbocycles. The summed E-state index contributed by atoms with van der Waals surface area (Å²) in [6.45, 7) is 2.80. The number of hydrogen-bond acceptors (Lipinski definition) is 6. The molecule has 0 atom stereocenters. The van der Waals surface area contributed by atoms with E-state index in [1.165, 1.54) is 43.2 Å². The van der Waals surface area contributed by atoms with Gasteiger partial charge in [-0.25, -0.2) is 4.39 Å². The number of piperidine rings is 1. The first-order chi connectivity index (χ1) is 15.2. The largest absolute Gasteiger partial charge is 0.496 e. The molecule has 162 valence electrons. The van der Waals surface area contributed by atoms with Crippen molar-refractivity contribution >= 4 is 18.0 Å². The number of likely N-dealkylation sites (tertiary alicyclic amines) is 1. The molecule has 1 aliphatic rings. The number of rotatable bonds is 8. The number of methoxy groups -OCH3 is 1. The van der Waals surface area contributed by atoms with E-state index >= 15 is 0 Å². The lowest BCUT2D eigenvalue weighted by atomic mass is 10.1. The lowest BCUT2D eigenvalue weighted by molar-refractivity contribution is 0.112. The van der Waals surface area contributed by atoms with E-state index in [0.29, 0.717) is 17.9 Å². The van der Waals surface area contributed by atoms with Gasteiger partial charge in [-0.3, -0.25) is 14.3 Å². The van der Waals surface area contributed by atoms with Crippen molar-refractivity contribution in [2.24, 2.45) is 0 Å². The van der Waals surface area contributed by atoms with Crippen LogP contribution in [0.4, 0.5) is 4.39 Å². The Morgan fingerprint density at radius 2 is 1.87 bits per heavy atom. The van der Waals surface area contributed by atoms with E-state index in [2.05, 4.69) is 15.1 Å². The highest BCUT2D eigenvalue weighted by molar-refractivity contribution is 7.98. The van der Waals surface area contributed by atoms with E-state index < -0.39 is 0 Å². The first-order valence-corrected chi connectivity index (χ1v) is 11.3. The second kappa shape index (κ2) is 10.1. The third-order valence-electron chi connectivity index (χ3n) is 5.40. The van der Waals surface area contributed by atoms with Gasteiger partial charge >= 0.3 is 0 Å². The number of hydrogen-bond donors (Lipinski definition) is 0. The van der Waals surface area contributed by atoms with Crippen LogP contribution in [0.5, 0.6) is 5.75 Å². The standard InChI is InChI=1S/C23H25FN4O2S/c1-30-21-10-5-17(15-29)13-18(21)16-31-23-26-25-22(14-27-11-3-2-4-12-27)28(23)20-8-6-19(24)7-9-20/h5-10,13,15H,2-4,11-12,14,16H2,1H3. The first kappa shape index (κ1) is 21.5. The monoisotopic (exact) mass is 440 g/mol. The van der Waals surface area contributed by atoms with Gasteiger partial charge in [0.15, 0.2) is 11.0 Å². The maximum absolute atomic E-state index is 13.5. The average Bonchev–Trinajstić information content (AvgIpc) is 3.20. The predicted octanol–water partition coefficient (Wildman–Crippen LogP) is 4.51. The Labute approximate surface area is 185 Å². The molecule has 3 aromatic rings. The normalized spacial score (nSPS) is 14.5. The molecule has 0 unspecified atom stereocenters. The van der Waals surface area contributed by atoms with Crippen LogP contribution < -0.4 is 4.74 Å². The van der Waals surface area contributed by atoms with Gasteiger partial charge in [-0.05, 0) is 68.4 Å². The van der Waals surface area contributed by atoms with Crippen molar-refractivity contribution < 1.29 is 13.9 Å². The summed E-state index contributed by atoms with van der Waals surface area (Å²) in [5, 5.41) is 9.63. The molecule has 0 saturated carbocycles. The van der Waals surface area contributed by atoms with Gasteiger partial charge in [-0.15, -0.1) is 10.2 Å². The smallest absolute Gasteiger partial charge is 0.196 e. The molecule has 0 N–H and O–H groups in total. The zero-order chi connectivity index (χ0) is 21.6. The topological polar surface area (TPSA) is 60.2 Å². The minimum atomic E-state index is -0.279. The molecule has 0 radical (unpaired) electrons. The van der Waals surface area contributed by atoms with Crippen molar-refractivity contribution in [1.82, 2.24) is 19.7 Å². The molecule has 1 aliphatic heterocycles. The van der Waals surface area contributed by atoms with Gasteiger partial charge in [0.25, 0.3) is 0 Å². The van der Waals surface area contributed by atoms with Crippen LogP contribution in [0.1, 0.15) is 41.0 Å². The maximum atomic E-state index is 13.5. The second-order valence-corrected chi connectivity index (χ2v) is 8.47. The van der Waals surface area contributed by atoms with E-state index in [-0.39, 0.29) is 5.82 Å². The Balaban J connectivity index is 1.62. The Morgan fingerprint density at radius 3 is 2.58 bits per heavy atom. The highest BCUT2D eigenvalue weighted by Gasteiger charge is 2.19. The fourth-order valence-corrected chi connectivity index (χ4v) is 4.74. The first-order valence-electron chi connectivity index (χ1n) is 10.4. The molecule has 8 heteroatoms. The van der Waals surface area contributed by atoms with Gasteiger partial charge in [0.05, 0.1) is 13.7 Å². The van der Waals surface area contributed by atoms with Gasteiger partial charge in [0.2, 0.25) is 0 Å². The molecule has 1 fully saturated rings. The zero-order valence-electron chi connectivity index (χ0n) is 17.5. The van der Waals surface area contributed by atoms with Gasteiger partial charge in [0, 0.05) is 22.6 Å². The predicted molar refractivity (Wildman–Crippen MR) is 118 cm³/mol. The summed E-state index contributed by atoms with van der Waals surface area (Å²) in [7, 11) is 1.61. The van der Waals surface area contributed by atoms with Crippen LogP contribution in [0.25, 0.3) is 5.69 Å². The van der Waals surface area contributed by atoms with Crippen LogP contribution in [0.15, 0.2) is 47.6 Å². The number of nitrogens with zero attached hydrogens (tertiary/aromatic N) is 4. The minimum Gasteiger partial charge on any atom is -0.496 e. The Bertz CT molecular complexity index is 1030. The van der Waals surface area contributed by atoms with Crippen LogP contribution in [0.2, 0.25) is 0 Å². The van der Waals surface area contributed by atoms with Crippen molar-refractivity contribution in [3.05, 3.63) is 65.2 Å². The number of carbonyl (C=O) groups is 1. The molecule has 1 aromatic heterocycles. The minimum absolute atomic E-state index is 0.279. The molecule has 0 bridgehead atoms. The molecular weight excluding hydrogens is 415 g/mol. The summed E-state index contributed by atoms with van der Waals surface area (Å²) in [6.07, 6.45) is 4.48. The zero-order valence-corrected chi connectivity index (χ0v) is 18.3. The highest BCUT2D eigenvalue weighted by Crippen LogP contribution is 2.30. The Kier molecular flexibility index (Phi) is 6.99. The second-order valence-electron chi connectivity index (χ2n) is 7.53. The van der Waals surface area contributed by atoms with Crippen molar-refractivity contribution in [1.29, 1.82) is 0 Å². The molecule has 0 amide bonds. The lowest BCUT2D eigenvalue weighted by Gasteiger charge is -2.26. The SMILES string of the molecule is COc1ccc(C=O)cc1CSc1nnc(CN2CCCCC2)n1-c1ccc(F)cc1. The van der Waals surface area contributed by atoms with E-state index in [1.54, 1.807) is 31.4 Å². The number of benzene rings is 2. The molecule has 2 aromatic carbocycles. The highest BCUT2D eigenvalue weighted by atomic mass is 32.2. The molecule has 2 heterocycles. The fraction of sp³-hybridized carbons (Fsp3) is 0.348. The number of thioether (sulfide) groups is 1.